The third-order valence-corrected chi connectivity index (χ3v) is 4.92. The number of piperidine rings is 1. The standard InChI is InChI=1S/C14H22N4/c1-10(2)18-5-3-14(4-6-18)12-9-17-16-8-11(12)7-13(14)15/h8-10,13H,3-7,15H2,1-2H3/t13-/m1/s1. The largest absolute Gasteiger partial charge is 0.327 e. The highest BCUT2D eigenvalue weighted by atomic mass is 15.2. The van der Waals surface area contributed by atoms with Gasteiger partial charge in [0.15, 0.2) is 0 Å². The van der Waals surface area contributed by atoms with Crippen LogP contribution in [0, 0.1) is 0 Å². The van der Waals surface area contributed by atoms with Crippen LogP contribution in [0.5, 0.6) is 0 Å². The molecule has 0 saturated carbocycles. The van der Waals surface area contributed by atoms with Crippen LogP contribution < -0.4 is 5.73 Å². The molecule has 1 aromatic rings. The number of nitrogens with two attached hydrogens (primary N) is 1. The Kier molecular flexibility index (Phi) is 2.87. The summed E-state index contributed by atoms with van der Waals surface area (Å²) in [6.07, 6.45) is 7.13. The van der Waals surface area contributed by atoms with Gasteiger partial charge in [0.25, 0.3) is 0 Å². The topological polar surface area (TPSA) is 55.0 Å². The molecule has 1 spiro atoms. The lowest BCUT2D eigenvalue weighted by atomic mass is 9.71. The molecule has 1 aliphatic carbocycles. The van der Waals surface area contributed by atoms with Gasteiger partial charge in [-0.1, -0.05) is 0 Å². The molecule has 0 amide bonds. The van der Waals surface area contributed by atoms with Crippen molar-refractivity contribution < 1.29 is 0 Å². The summed E-state index contributed by atoms with van der Waals surface area (Å²) in [6.45, 7) is 6.83. The van der Waals surface area contributed by atoms with Gasteiger partial charge in [-0.15, -0.1) is 0 Å². The summed E-state index contributed by atoms with van der Waals surface area (Å²) in [4.78, 5) is 2.55. The van der Waals surface area contributed by atoms with Crippen molar-refractivity contribution >= 4 is 0 Å². The summed E-state index contributed by atoms with van der Waals surface area (Å²) >= 11 is 0. The van der Waals surface area contributed by atoms with Crippen molar-refractivity contribution in [3.05, 3.63) is 23.5 Å². The number of hydrogen-bond acceptors (Lipinski definition) is 4. The number of rotatable bonds is 1. The van der Waals surface area contributed by atoms with Crippen LogP contribution in [0.15, 0.2) is 12.4 Å². The predicted molar refractivity (Wildman–Crippen MR) is 71.3 cm³/mol. The maximum absolute atomic E-state index is 6.44. The van der Waals surface area contributed by atoms with Gasteiger partial charge in [0.2, 0.25) is 0 Å². The van der Waals surface area contributed by atoms with Gasteiger partial charge >= 0.3 is 0 Å². The first kappa shape index (κ1) is 12.1. The number of hydrogen-bond donors (Lipinski definition) is 1. The van der Waals surface area contributed by atoms with E-state index in [0.29, 0.717) is 6.04 Å². The van der Waals surface area contributed by atoms with Crippen molar-refractivity contribution in [1.82, 2.24) is 15.1 Å². The molecule has 1 saturated heterocycles. The van der Waals surface area contributed by atoms with E-state index in [1.54, 1.807) is 0 Å². The van der Waals surface area contributed by atoms with Crippen LogP contribution in [-0.4, -0.2) is 40.3 Å². The SMILES string of the molecule is CC(C)N1CCC2(CC1)c1cnncc1C[C@H]2N. The van der Waals surface area contributed by atoms with Crippen molar-refractivity contribution in [2.45, 2.75) is 50.6 Å². The summed E-state index contributed by atoms with van der Waals surface area (Å²) in [5.41, 5.74) is 9.29. The normalized spacial score (nSPS) is 26.8. The van der Waals surface area contributed by atoms with E-state index < -0.39 is 0 Å². The zero-order valence-electron chi connectivity index (χ0n) is 11.3. The molecule has 1 atom stereocenters. The van der Waals surface area contributed by atoms with E-state index in [4.69, 9.17) is 5.73 Å². The molecule has 2 N–H and O–H groups in total. The maximum atomic E-state index is 6.44. The monoisotopic (exact) mass is 246 g/mol. The van der Waals surface area contributed by atoms with Crippen molar-refractivity contribution in [3.63, 3.8) is 0 Å². The number of likely N-dealkylation sites (tertiary alicyclic amines) is 1. The molecule has 98 valence electrons. The molecule has 0 unspecified atom stereocenters. The molecule has 1 fully saturated rings. The molecule has 2 heterocycles. The van der Waals surface area contributed by atoms with Gasteiger partial charge < -0.3 is 10.6 Å². The lowest BCUT2D eigenvalue weighted by molar-refractivity contribution is 0.120. The summed E-state index contributed by atoms with van der Waals surface area (Å²) in [5, 5.41) is 8.07. The van der Waals surface area contributed by atoms with Crippen molar-refractivity contribution in [2.75, 3.05) is 13.1 Å². The van der Waals surface area contributed by atoms with Gasteiger partial charge in [-0.2, -0.15) is 10.2 Å². The Balaban J connectivity index is 1.88. The minimum Gasteiger partial charge on any atom is -0.327 e. The number of aromatic nitrogens is 2. The Morgan fingerprint density at radius 3 is 2.61 bits per heavy atom. The van der Waals surface area contributed by atoms with Crippen LogP contribution in [0.2, 0.25) is 0 Å². The maximum Gasteiger partial charge on any atom is 0.0537 e. The average molecular weight is 246 g/mol. The minimum atomic E-state index is 0.163. The Hall–Kier alpha value is -1.00. The van der Waals surface area contributed by atoms with Crippen molar-refractivity contribution in [3.8, 4) is 0 Å². The van der Waals surface area contributed by atoms with Gasteiger partial charge in [-0.3, -0.25) is 0 Å². The highest BCUT2D eigenvalue weighted by Gasteiger charge is 2.47. The van der Waals surface area contributed by atoms with Crippen LogP contribution in [0.4, 0.5) is 0 Å². The lowest BCUT2D eigenvalue weighted by Crippen LogP contribution is -2.51. The minimum absolute atomic E-state index is 0.163. The van der Waals surface area contributed by atoms with Crippen LogP contribution in [0.1, 0.15) is 37.8 Å². The fourth-order valence-corrected chi connectivity index (χ4v) is 3.67. The first-order valence-electron chi connectivity index (χ1n) is 6.93. The first-order valence-corrected chi connectivity index (χ1v) is 6.93. The summed E-state index contributed by atoms with van der Waals surface area (Å²) in [5.74, 6) is 0. The fourth-order valence-electron chi connectivity index (χ4n) is 3.67. The van der Waals surface area contributed by atoms with E-state index in [-0.39, 0.29) is 11.5 Å². The van der Waals surface area contributed by atoms with Crippen molar-refractivity contribution in [1.29, 1.82) is 0 Å². The molecule has 0 aromatic carbocycles. The van der Waals surface area contributed by atoms with E-state index >= 15 is 0 Å². The molecule has 4 heteroatoms. The Morgan fingerprint density at radius 2 is 1.94 bits per heavy atom. The predicted octanol–water partition coefficient (Wildman–Crippen LogP) is 1.10. The molecule has 2 aliphatic rings. The lowest BCUT2D eigenvalue weighted by Gasteiger charge is -2.43. The number of fused-ring (bicyclic) bond motifs is 2. The van der Waals surface area contributed by atoms with Crippen molar-refractivity contribution in [2.24, 2.45) is 5.73 Å². The molecule has 18 heavy (non-hydrogen) atoms. The second-order valence-electron chi connectivity index (χ2n) is 6.02. The molecular weight excluding hydrogens is 224 g/mol. The Morgan fingerprint density at radius 1 is 1.28 bits per heavy atom. The smallest absolute Gasteiger partial charge is 0.0537 e. The Labute approximate surface area is 109 Å². The van der Waals surface area contributed by atoms with Crippen LogP contribution in [0.25, 0.3) is 0 Å². The van der Waals surface area contributed by atoms with E-state index in [0.717, 1.165) is 32.4 Å². The van der Waals surface area contributed by atoms with Gasteiger partial charge in [0, 0.05) is 17.5 Å². The number of nitrogens with zero attached hydrogens (tertiary/aromatic N) is 3. The van der Waals surface area contributed by atoms with Gasteiger partial charge in [-0.25, -0.2) is 0 Å². The summed E-state index contributed by atoms with van der Waals surface area (Å²) in [6, 6.07) is 0.878. The second-order valence-corrected chi connectivity index (χ2v) is 6.02. The quantitative estimate of drug-likeness (QED) is 0.806. The second kappa shape index (κ2) is 4.28. The zero-order chi connectivity index (χ0) is 12.8. The molecule has 1 aliphatic heterocycles. The first-order chi connectivity index (χ1) is 8.63. The highest BCUT2D eigenvalue weighted by molar-refractivity contribution is 5.39. The fraction of sp³-hybridized carbons (Fsp3) is 0.714. The average Bonchev–Trinajstić information content (AvgIpc) is 2.64. The zero-order valence-corrected chi connectivity index (χ0v) is 11.3. The third-order valence-electron chi connectivity index (χ3n) is 4.92. The van der Waals surface area contributed by atoms with E-state index in [9.17, 15) is 0 Å². The van der Waals surface area contributed by atoms with E-state index in [2.05, 4.69) is 28.9 Å². The highest BCUT2D eigenvalue weighted by Crippen LogP contribution is 2.45. The van der Waals surface area contributed by atoms with Gasteiger partial charge in [-0.05, 0) is 57.3 Å². The van der Waals surface area contributed by atoms with E-state index in [1.807, 2.05) is 12.4 Å². The molecule has 0 bridgehead atoms. The van der Waals surface area contributed by atoms with E-state index in [1.165, 1.54) is 11.1 Å². The van der Waals surface area contributed by atoms with Crippen LogP contribution in [0.3, 0.4) is 0 Å². The third kappa shape index (κ3) is 1.67. The molecule has 0 radical (unpaired) electrons. The van der Waals surface area contributed by atoms with Gasteiger partial charge in [0.1, 0.15) is 0 Å². The van der Waals surface area contributed by atoms with Crippen LogP contribution in [-0.2, 0) is 11.8 Å². The molecule has 1 aromatic heterocycles. The van der Waals surface area contributed by atoms with Crippen LogP contribution >= 0.6 is 0 Å². The molecule has 3 rings (SSSR count). The Bertz CT molecular complexity index is 435. The molecular formula is C14H22N4. The molecule has 4 nitrogen and oxygen atoms in total. The summed E-state index contributed by atoms with van der Waals surface area (Å²) < 4.78 is 0. The summed E-state index contributed by atoms with van der Waals surface area (Å²) in [7, 11) is 0. The van der Waals surface area contributed by atoms with Gasteiger partial charge in [0.05, 0.1) is 12.4 Å².